The van der Waals surface area contributed by atoms with Gasteiger partial charge in [0.05, 0.1) is 33.2 Å². The lowest BCUT2D eigenvalue weighted by Gasteiger charge is -2.12. The molecule has 0 saturated heterocycles. The van der Waals surface area contributed by atoms with Crippen LogP contribution in [-0.2, 0) is 19.5 Å². The smallest absolute Gasteiger partial charge is 0.294 e. The minimum atomic E-state index is -4.56. The number of anilines is 1. The highest BCUT2D eigenvalue weighted by Crippen LogP contribution is 2.45. The van der Waals surface area contributed by atoms with Crippen molar-refractivity contribution in [3.05, 3.63) is 48.0 Å². The van der Waals surface area contributed by atoms with Gasteiger partial charge in [0.15, 0.2) is 0 Å². The highest BCUT2D eigenvalue weighted by Gasteiger charge is 2.20. The summed E-state index contributed by atoms with van der Waals surface area (Å²) in [6.45, 7) is 1.92. The molecule has 0 aliphatic heterocycles. The van der Waals surface area contributed by atoms with Crippen molar-refractivity contribution in [3.63, 3.8) is 0 Å². The van der Waals surface area contributed by atoms with Crippen LogP contribution in [0.2, 0.25) is 0 Å². The third-order valence-electron chi connectivity index (χ3n) is 3.92. The number of nitrogen functional groups attached to an aromatic ring is 1. The van der Waals surface area contributed by atoms with Crippen LogP contribution in [0.15, 0.2) is 62.5 Å². The molecule has 0 spiro atoms. The number of hydrogen-bond acceptors (Lipinski definition) is 10. The Balaban J connectivity index is 2.20. The van der Waals surface area contributed by atoms with Crippen LogP contribution < -0.4 is 5.73 Å². The summed E-state index contributed by atoms with van der Waals surface area (Å²) in [5, 5.41) is 30.8. The second kappa shape index (κ2) is 8.32. The number of aryl methyl sites for hydroxylation is 1. The van der Waals surface area contributed by atoms with E-state index in [0.717, 1.165) is 17.7 Å². The number of nitrogens with zero attached hydrogens (tertiary/aromatic N) is 2. The Bertz CT molecular complexity index is 1200. The maximum absolute atomic E-state index is 11.4. The summed E-state index contributed by atoms with van der Waals surface area (Å²) >= 11 is 0.533. The predicted molar refractivity (Wildman–Crippen MR) is 106 cm³/mol. The molecule has 0 bridgehead atoms. The van der Waals surface area contributed by atoms with Gasteiger partial charge in [-0.3, -0.25) is 4.55 Å². The van der Waals surface area contributed by atoms with Crippen molar-refractivity contribution >= 4 is 50.0 Å². The van der Waals surface area contributed by atoms with Gasteiger partial charge in [0.25, 0.3) is 10.1 Å². The van der Waals surface area contributed by atoms with Crippen molar-refractivity contribution < 1.29 is 32.7 Å². The SMILES string of the molecule is Cc1ccc(N=Nc2c(SOOO)cc3cc(S(=O)(=O)O)cc(O)c3c2N)cc1. The number of hydrogen-bond donors (Lipinski definition) is 4. The van der Waals surface area contributed by atoms with Crippen molar-refractivity contribution in [2.75, 3.05) is 5.73 Å². The summed E-state index contributed by atoms with van der Waals surface area (Å²) in [6, 6.07) is 10.5. The molecule has 5 N–H and O–H groups in total. The number of benzene rings is 3. The third kappa shape index (κ3) is 4.64. The standard InChI is InChI=1S/C17H15N3O7S2/c1-9-2-4-11(5-3-9)19-20-17-14(28-27-26-22)7-10-6-12(29(23,24)25)8-13(21)15(10)16(17)18/h2-8,21-22H,18H2,1H3,(H,23,24,25). The predicted octanol–water partition coefficient (Wildman–Crippen LogP) is 4.53. The summed E-state index contributed by atoms with van der Waals surface area (Å²) in [5.74, 6) is -0.477. The van der Waals surface area contributed by atoms with Crippen LogP contribution in [0, 0.1) is 6.92 Å². The Morgan fingerprint density at radius 3 is 2.41 bits per heavy atom. The summed E-state index contributed by atoms with van der Waals surface area (Å²) in [6.07, 6.45) is 0. The first-order valence-corrected chi connectivity index (χ1v) is 10.1. The summed E-state index contributed by atoms with van der Waals surface area (Å²) in [4.78, 5) is -0.321. The maximum atomic E-state index is 11.4. The average Bonchev–Trinajstić information content (AvgIpc) is 2.65. The van der Waals surface area contributed by atoms with Crippen molar-refractivity contribution in [1.82, 2.24) is 0 Å². The summed E-state index contributed by atoms with van der Waals surface area (Å²) < 4.78 is 36.5. The number of azo groups is 1. The number of fused-ring (bicyclic) bond motifs is 1. The zero-order valence-corrected chi connectivity index (χ0v) is 16.4. The molecule has 3 aromatic rings. The topological polar surface area (TPSA) is 164 Å². The molecule has 29 heavy (non-hydrogen) atoms. The first kappa shape index (κ1) is 21.0. The largest absolute Gasteiger partial charge is 0.507 e. The number of rotatable bonds is 6. The van der Waals surface area contributed by atoms with Crippen molar-refractivity contribution in [1.29, 1.82) is 0 Å². The normalized spacial score (nSPS) is 12.1. The fourth-order valence-electron chi connectivity index (χ4n) is 2.58. The lowest BCUT2D eigenvalue weighted by molar-refractivity contribution is -0.432. The molecular weight excluding hydrogens is 422 g/mol. The molecule has 0 unspecified atom stereocenters. The molecule has 0 aromatic heterocycles. The molecule has 0 saturated carbocycles. The fourth-order valence-corrected chi connectivity index (χ4v) is 3.62. The second-order valence-electron chi connectivity index (χ2n) is 5.91. The van der Waals surface area contributed by atoms with Crippen molar-refractivity contribution in [3.8, 4) is 5.75 Å². The molecule has 10 nitrogen and oxygen atoms in total. The third-order valence-corrected chi connectivity index (χ3v) is 5.37. The van der Waals surface area contributed by atoms with E-state index >= 15 is 0 Å². The van der Waals surface area contributed by atoms with Gasteiger partial charge in [-0.2, -0.15) is 13.5 Å². The van der Waals surface area contributed by atoms with Crippen molar-refractivity contribution in [2.24, 2.45) is 10.2 Å². The number of phenols is 1. The van der Waals surface area contributed by atoms with Crippen LogP contribution in [-0.4, -0.2) is 23.3 Å². The van der Waals surface area contributed by atoms with E-state index in [9.17, 15) is 18.1 Å². The highest BCUT2D eigenvalue weighted by atomic mass is 32.2. The van der Waals surface area contributed by atoms with Gasteiger partial charge in [-0.25, -0.2) is 5.26 Å². The molecular formula is C17H15N3O7S2. The molecule has 0 atom stereocenters. The maximum Gasteiger partial charge on any atom is 0.294 e. The fraction of sp³-hybridized carbons (Fsp3) is 0.0588. The molecule has 0 radical (unpaired) electrons. The average molecular weight is 437 g/mol. The van der Waals surface area contributed by atoms with Gasteiger partial charge in [0, 0.05) is 11.5 Å². The van der Waals surface area contributed by atoms with Gasteiger partial charge in [-0.1, -0.05) is 22.7 Å². The van der Waals surface area contributed by atoms with E-state index in [4.69, 9.17) is 11.0 Å². The van der Waals surface area contributed by atoms with Crippen LogP contribution in [0.5, 0.6) is 5.75 Å². The van der Waals surface area contributed by atoms with Gasteiger partial charge in [-0.05, 0) is 36.6 Å². The van der Waals surface area contributed by atoms with Crippen LogP contribution in [0.4, 0.5) is 17.1 Å². The van der Waals surface area contributed by atoms with E-state index in [-0.39, 0.29) is 27.0 Å². The van der Waals surface area contributed by atoms with Gasteiger partial charge in [0.2, 0.25) is 0 Å². The van der Waals surface area contributed by atoms with Crippen LogP contribution in [0.25, 0.3) is 10.8 Å². The van der Waals surface area contributed by atoms with E-state index in [0.29, 0.717) is 17.7 Å². The first-order chi connectivity index (χ1) is 13.7. The molecule has 3 rings (SSSR count). The van der Waals surface area contributed by atoms with Crippen LogP contribution >= 0.6 is 12.0 Å². The molecule has 3 aromatic carbocycles. The summed E-state index contributed by atoms with van der Waals surface area (Å²) in [7, 11) is -4.56. The van der Waals surface area contributed by atoms with Crippen LogP contribution in [0.3, 0.4) is 0 Å². The number of aromatic hydroxyl groups is 1. The highest BCUT2D eigenvalue weighted by molar-refractivity contribution is 7.94. The second-order valence-corrected chi connectivity index (χ2v) is 8.08. The Morgan fingerprint density at radius 2 is 1.79 bits per heavy atom. The minimum Gasteiger partial charge on any atom is -0.507 e. The van der Waals surface area contributed by atoms with Crippen molar-refractivity contribution in [2.45, 2.75) is 16.7 Å². The Kier molecular flexibility index (Phi) is 6.02. The zero-order valence-electron chi connectivity index (χ0n) is 14.8. The summed E-state index contributed by atoms with van der Waals surface area (Å²) in [5.41, 5.74) is 7.79. The van der Waals surface area contributed by atoms with Gasteiger partial charge < -0.3 is 10.8 Å². The quantitative estimate of drug-likeness (QED) is 0.108. The van der Waals surface area contributed by atoms with Crippen LogP contribution in [0.1, 0.15) is 5.56 Å². The Morgan fingerprint density at radius 1 is 1.10 bits per heavy atom. The lowest BCUT2D eigenvalue weighted by atomic mass is 10.1. The van der Waals surface area contributed by atoms with Gasteiger partial charge >= 0.3 is 0 Å². The van der Waals surface area contributed by atoms with E-state index in [1.54, 1.807) is 12.1 Å². The molecule has 0 aliphatic rings. The van der Waals surface area contributed by atoms with E-state index in [2.05, 4.69) is 19.6 Å². The Labute approximate surface area is 169 Å². The Hall–Kier alpha value is -2.74. The lowest BCUT2D eigenvalue weighted by Crippen LogP contribution is -1.99. The molecule has 0 amide bonds. The van der Waals surface area contributed by atoms with Gasteiger partial charge in [0.1, 0.15) is 11.4 Å². The molecule has 0 heterocycles. The monoisotopic (exact) mass is 437 g/mol. The van der Waals surface area contributed by atoms with Gasteiger partial charge in [-0.15, -0.1) is 9.45 Å². The first-order valence-electron chi connectivity index (χ1n) is 7.90. The van der Waals surface area contributed by atoms with E-state index in [1.807, 2.05) is 19.1 Å². The van der Waals surface area contributed by atoms with E-state index < -0.39 is 20.8 Å². The molecule has 12 heteroatoms. The molecule has 0 fully saturated rings. The zero-order chi connectivity index (χ0) is 21.2. The number of nitrogens with two attached hydrogens (primary N) is 1. The minimum absolute atomic E-state index is 0.0261. The van der Waals surface area contributed by atoms with E-state index in [1.165, 1.54) is 6.07 Å². The molecule has 0 aliphatic carbocycles. The molecule has 152 valence electrons. The number of phenolic OH excluding ortho intramolecular Hbond substituents is 1.